The zero-order valence-corrected chi connectivity index (χ0v) is 8.89. The fourth-order valence-corrected chi connectivity index (χ4v) is 2.47. The largest absolute Gasteiger partial charge is 0.396 e. The highest BCUT2D eigenvalue weighted by atomic mass is 16.3. The SMILES string of the molecule is OCC1CCCn2nc(C3CCC3)nc21. The van der Waals surface area contributed by atoms with Gasteiger partial charge in [0.1, 0.15) is 5.82 Å². The minimum Gasteiger partial charge on any atom is -0.396 e. The van der Waals surface area contributed by atoms with Crippen molar-refractivity contribution in [2.24, 2.45) is 0 Å². The van der Waals surface area contributed by atoms with Crippen molar-refractivity contribution in [3.8, 4) is 0 Å². The lowest BCUT2D eigenvalue weighted by molar-refractivity contribution is 0.234. The van der Waals surface area contributed by atoms with E-state index in [1.165, 1.54) is 19.3 Å². The van der Waals surface area contributed by atoms with E-state index in [0.717, 1.165) is 31.0 Å². The van der Waals surface area contributed by atoms with Gasteiger partial charge in [0.05, 0.1) is 6.61 Å². The maximum atomic E-state index is 9.28. The molecule has 1 aliphatic carbocycles. The second-order valence-electron chi connectivity index (χ2n) is 4.70. The zero-order chi connectivity index (χ0) is 10.3. The lowest BCUT2D eigenvalue weighted by Gasteiger charge is -2.21. The number of aromatic nitrogens is 3. The smallest absolute Gasteiger partial charge is 0.154 e. The van der Waals surface area contributed by atoms with Crippen LogP contribution in [-0.4, -0.2) is 26.5 Å². The van der Waals surface area contributed by atoms with Crippen LogP contribution in [0.4, 0.5) is 0 Å². The summed E-state index contributed by atoms with van der Waals surface area (Å²) in [4.78, 5) is 4.62. The summed E-state index contributed by atoms with van der Waals surface area (Å²) in [7, 11) is 0. The van der Waals surface area contributed by atoms with Crippen LogP contribution in [0.2, 0.25) is 0 Å². The summed E-state index contributed by atoms with van der Waals surface area (Å²) < 4.78 is 2.01. The molecule has 2 aliphatic rings. The van der Waals surface area contributed by atoms with Gasteiger partial charge in [-0.25, -0.2) is 9.67 Å². The third kappa shape index (κ3) is 1.47. The van der Waals surface area contributed by atoms with Crippen LogP contribution in [0.25, 0.3) is 0 Å². The summed E-state index contributed by atoms with van der Waals surface area (Å²) in [6.45, 7) is 1.19. The first kappa shape index (κ1) is 9.33. The van der Waals surface area contributed by atoms with Crippen LogP contribution >= 0.6 is 0 Å². The van der Waals surface area contributed by atoms with Crippen LogP contribution in [0.1, 0.15) is 55.6 Å². The van der Waals surface area contributed by atoms with E-state index in [4.69, 9.17) is 0 Å². The standard InChI is InChI=1S/C11H17N3O/c15-7-9-5-2-6-14-11(9)12-10(13-14)8-3-1-4-8/h8-9,15H,1-7H2. The monoisotopic (exact) mass is 207 g/mol. The Balaban J connectivity index is 1.90. The predicted octanol–water partition coefficient (Wildman–Crippen LogP) is 1.42. The molecule has 0 radical (unpaired) electrons. The van der Waals surface area contributed by atoms with Crippen molar-refractivity contribution >= 4 is 0 Å². The van der Waals surface area contributed by atoms with Crippen LogP contribution in [0.5, 0.6) is 0 Å². The first-order valence-electron chi connectivity index (χ1n) is 5.94. The molecule has 4 nitrogen and oxygen atoms in total. The summed E-state index contributed by atoms with van der Waals surface area (Å²) >= 11 is 0. The van der Waals surface area contributed by atoms with Crippen molar-refractivity contribution in [1.29, 1.82) is 0 Å². The van der Waals surface area contributed by atoms with Crippen LogP contribution in [-0.2, 0) is 6.54 Å². The first-order chi connectivity index (χ1) is 7.38. The molecule has 0 aromatic carbocycles. The van der Waals surface area contributed by atoms with E-state index < -0.39 is 0 Å². The van der Waals surface area contributed by atoms with E-state index in [1.807, 2.05) is 4.68 Å². The number of hydrogen-bond acceptors (Lipinski definition) is 3. The van der Waals surface area contributed by atoms with E-state index >= 15 is 0 Å². The molecular formula is C11H17N3O. The van der Waals surface area contributed by atoms with Crippen LogP contribution in [0.3, 0.4) is 0 Å². The van der Waals surface area contributed by atoms with Gasteiger partial charge in [-0.2, -0.15) is 5.10 Å². The third-order valence-corrected chi connectivity index (χ3v) is 3.70. The normalized spacial score (nSPS) is 26.1. The maximum absolute atomic E-state index is 9.28. The van der Waals surface area contributed by atoms with Gasteiger partial charge in [0.15, 0.2) is 5.82 Å². The van der Waals surface area contributed by atoms with Crippen molar-refractivity contribution in [1.82, 2.24) is 14.8 Å². The third-order valence-electron chi connectivity index (χ3n) is 3.70. The van der Waals surface area contributed by atoms with Crippen molar-refractivity contribution in [3.05, 3.63) is 11.6 Å². The molecule has 15 heavy (non-hydrogen) atoms. The number of aliphatic hydroxyl groups excluding tert-OH is 1. The Bertz CT molecular complexity index is 357. The quantitative estimate of drug-likeness (QED) is 0.797. The first-order valence-corrected chi connectivity index (χ1v) is 5.94. The summed E-state index contributed by atoms with van der Waals surface area (Å²) in [5.41, 5.74) is 0. The Labute approximate surface area is 89.3 Å². The Morgan fingerprint density at radius 1 is 1.27 bits per heavy atom. The number of aryl methyl sites for hydroxylation is 1. The van der Waals surface area contributed by atoms with Gasteiger partial charge in [0.25, 0.3) is 0 Å². The van der Waals surface area contributed by atoms with Gasteiger partial charge in [-0.3, -0.25) is 0 Å². The molecule has 0 spiro atoms. The van der Waals surface area contributed by atoms with Gasteiger partial charge in [-0.1, -0.05) is 6.42 Å². The number of aliphatic hydroxyl groups is 1. The molecule has 1 aromatic heterocycles. The lowest BCUT2D eigenvalue weighted by Crippen LogP contribution is -2.19. The molecule has 1 atom stereocenters. The lowest BCUT2D eigenvalue weighted by atomic mass is 9.85. The molecule has 0 bridgehead atoms. The topological polar surface area (TPSA) is 50.9 Å². The molecule has 1 fully saturated rings. The summed E-state index contributed by atoms with van der Waals surface area (Å²) in [6.07, 6.45) is 5.98. The fourth-order valence-electron chi connectivity index (χ4n) is 2.47. The molecule has 0 amide bonds. The van der Waals surface area contributed by atoms with E-state index in [9.17, 15) is 5.11 Å². The fraction of sp³-hybridized carbons (Fsp3) is 0.818. The minimum atomic E-state index is 0.211. The van der Waals surface area contributed by atoms with Gasteiger partial charge in [-0.05, 0) is 25.7 Å². The molecule has 1 N–H and O–H groups in total. The Morgan fingerprint density at radius 3 is 2.80 bits per heavy atom. The summed E-state index contributed by atoms with van der Waals surface area (Å²) in [5, 5.41) is 13.8. The van der Waals surface area contributed by atoms with E-state index in [0.29, 0.717) is 5.92 Å². The van der Waals surface area contributed by atoms with Gasteiger partial charge in [0, 0.05) is 18.4 Å². The average molecular weight is 207 g/mol. The minimum absolute atomic E-state index is 0.211. The molecule has 0 saturated heterocycles. The molecule has 1 aromatic rings. The Kier molecular flexibility index (Phi) is 2.24. The predicted molar refractivity (Wildman–Crippen MR) is 55.7 cm³/mol. The summed E-state index contributed by atoms with van der Waals surface area (Å²) in [5.74, 6) is 2.87. The molecule has 1 saturated carbocycles. The Hall–Kier alpha value is -0.900. The molecule has 3 rings (SSSR count). The van der Waals surface area contributed by atoms with Crippen LogP contribution in [0.15, 0.2) is 0 Å². The molecule has 1 unspecified atom stereocenters. The number of nitrogens with zero attached hydrogens (tertiary/aromatic N) is 3. The van der Waals surface area contributed by atoms with E-state index in [2.05, 4.69) is 10.1 Å². The summed E-state index contributed by atoms with van der Waals surface area (Å²) in [6, 6.07) is 0. The van der Waals surface area contributed by atoms with Gasteiger partial charge in [0.2, 0.25) is 0 Å². The second kappa shape index (κ2) is 3.59. The van der Waals surface area contributed by atoms with Crippen LogP contribution < -0.4 is 0 Å². The van der Waals surface area contributed by atoms with Crippen molar-refractivity contribution in [3.63, 3.8) is 0 Å². The highest BCUT2D eigenvalue weighted by Crippen LogP contribution is 2.36. The number of rotatable bonds is 2. The highest BCUT2D eigenvalue weighted by Gasteiger charge is 2.28. The van der Waals surface area contributed by atoms with E-state index in [-0.39, 0.29) is 12.5 Å². The van der Waals surface area contributed by atoms with Crippen molar-refractivity contribution in [2.75, 3.05) is 6.61 Å². The Morgan fingerprint density at radius 2 is 2.13 bits per heavy atom. The molecule has 2 heterocycles. The van der Waals surface area contributed by atoms with Crippen LogP contribution in [0, 0.1) is 0 Å². The van der Waals surface area contributed by atoms with Crippen molar-refractivity contribution < 1.29 is 5.11 Å². The number of fused-ring (bicyclic) bond motifs is 1. The maximum Gasteiger partial charge on any atom is 0.154 e. The molecule has 82 valence electrons. The number of hydrogen-bond donors (Lipinski definition) is 1. The molecular weight excluding hydrogens is 190 g/mol. The highest BCUT2D eigenvalue weighted by molar-refractivity contribution is 5.08. The van der Waals surface area contributed by atoms with Gasteiger partial charge < -0.3 is 5.11 Å². The molecule has 4 heteroatoms. The second-order valence-corrected chi connectivity index (χ2v) is 4.70. The zero-order valence-electron chi connectivity index (χ0n) is 8.89. The molecule has 1 aliphatic heterocycles. The van der Waals surface area contributed by atoms with E-state index in [1.54, 1.807) is 0 Å². The average Bonchev–Trinajstić information content (AvgIpc) is 2.57. The van der Waals surface area contributed by atoms with Gasteiger partial charge in [-0.15, -0.1) is 0 Å². The van der Waals surface area contributed by atoms with Crippen molar-refractivity contribution in [2.45, 2.75) is 50.5 Å². The van der Waals surface area contributed by atoms with Gasteiger partial charge >= 0.3 is 0 Å².